The molecule has 1 unspecified atom stereocenters. The number of hydrogen-bond donors (Lipinski definition) is 9. The van der Waals surface area contributed by atoms with Crippen molar-refractivity contribution < 1.29 is 82.4 Å². The standard InChI is InChI=1S/C78H127N13O17/c1-21-23-34-91-44-64(94)85(15)58(37-46(3)4)68(96)82-57(45-108-78(12,13)14)74(102)89(19)66(49(9)22-2)77(105)88(18)59(38-47(5)6)69(97)81-56(75(103)90-35-28-25-29-36-90)43-63(93)79-50(10)72(100)86(16)61(41-52-30-26-24-27-31-52)70(98)80-55(40-53-32-33-54(67(95)84-106)62(42-53)107-20)73(101)87(17)60(39-48(7)8)71(99)83-65(51(11)92)76(91)104/h24,26-27,30-33,42,46-51,55-61,65-67,84,92,95,106H,21-23,25,28-29,34-41,43-45H2,1-20H3,(H,79,93)(H,80,98)(H,81,97)(H,82,96)(H,83,99)/t49-,50+,51+,55-,56-,57-,58-,59-,60-,61-,65-,66-,67?/m0/s1. The number of nitrogens with one attached hydrogen (secondary N) is 6. The van der Waals surface area contributed by atoms with E-state index in [9.17, 15) is 34.6 Å². The second-order valence-electron chi connectivity index (χ2n) is 31.4. The molecule has 13 atom stereocenters. The molecule has 2 aromatic rings. The number of carbonyl (C=O) groups excluding carboxylic acids is 12. The molecule has 30 heteroatoms. The van der Waals surface area contributed by atoms with Gasteiger partial charge in [-0.25, -0.2) is 0 Å². The molecule has 108 heavy (non-hydrogen) atoms. The Morgan fingerprint density at radius 3 is 1.65 bits per heavy atom. The van der Waals surface area contributed by atoms with E-state index in [-0.39, 0.29) is 67.7 Å². The number of benzene rings is 2. The molecule has 0 spiro atoms. The van der Waals surface area contributed by atoms with Gasteiger partial charge in [0, 0.05) is 73.3 Å². The number of hydrogen-bond acceptors (Lipinski definition) is 18. The first-order chi connectivity index (χ1) is 50.6. The van der Waals surface area contributed by atoms with Crippen LogP contribution in [0.5, 0.6) is 5.75 Å². The minimum absolute atomic E-state index is 0.0409. The van der Waals surface area contributed by atoms with E-state index in [4.69, 9.17) is 9.47 Å². The second-order valence-corrected chi connectivity index (χ2v) is 31.4. The third-order valence-corrected chi connectivity index (χ3v) is 20.0. The number of aliphatic hydroxyl groups is 2. The molecule has 0 aliphatic carbocycles. The Balaban J connectivity index is 2.05. The quantitative estimate of drug-likeness (QED) is 0.0602. The summed E-state index contributed by atoms with van der Waals surface area (Å²) >= 11 is 0. The number of rotatable bonds is 22. The van der Waals surface area contributed by atoms with Crippen LogP contribution in [0.1, 0.15) is 184 Å². The number of likely N-dealkylation sites (tertiary alicyclic amines) is 1. The van der Waals surface area contributed by atoms with Crippen LogP contribution in [0, 0.1) is 23.7 Å². The van der Waals surface area contributed by atoms with Crippen molar-refractivity contribution in [1.29, 1.82) is 0 Å². The van der Waals surface area contributed by atoms with Gasteiger partial charge in [0.2, 0.25) is 70.9 Å². The van der Waals surface area contributed by atoms with Crippen molar-refractivity contribution in [3.05, 3.63) is 65.2 Å². The molecule has 2 saturated heterocycles. The Hall–Kier alpha value is -8.32. The average Bonchev–Trinajstić information content (AvgIpc) is 0.812. The summed E-state index contributed by atoms with van der Waals surface area (Å²) in [6.07, 6.45) is -0.933. The molecular formula is C78H127N13O17. The van der Waals surface area contributed by atoms with Gasteiger partial charge in [-0.15, -0.1) is 0 Å². The SMILES string of the molecule is CCCCN1CC(=O)N(C)[C@@H](CC(C)C)C(=O)N[C@@H](COC(C)(C)C)C(=O)N(C)[C@@H]([C@@H](C)CC)C(=O)N(C)[C@@H](CC(C)C)C(=O)N[C@H](C(=O)N2CCCCC2)CC(=O)N[C@H](C)C(=O)N(C)[C@@H](Cc2ccccc2)C(=O)N[C@@H](Cc2ccc(C(O)NO)c(OC)c2)C(=O)N(C)[C@@H](CC(C)C)C(=O)N[C@@H]([C@@H](C)O)C1=O. The zero-order chi connectivity index (χ0) is 81.4. The lowest BCUT2D eigenvalue weighted by molar-refractivity contribution is -0.153. The van der Waals surface area contributed by atoms with Gasteiger partial charge in [-0.05, 0) is 120 Å². The summed E-state index contributed by atoms with van der Waals surface area (Å²) < 4.78 is 11.8. The average molecular weight is 1520 g/mol. The van der Waals surface area contributed by atoms with Crippen molar-refractivity contribution in [2.75, 3.05) is 75.1 Å². The predicted octanol–water partition coefficient (Wildman–Crippen LogP) is 3.45. The first-order valence-corrected chi connectivity index (χ1v) is 38.1. The molecule has 0 saturated carbocycles. The molecule has 606 valence electrons. The minimum Gasteiger partial charge on any atom is -0.496 e. The molecule has 12 amide bonds. The van der Waals surface area contributed by atoms with Crippen LogP contribution in [-0.4, -0.2) is 268 Å². The first-order valence-electron chi connectivity index (χ1n) is 38.1. The van der Waals surface area contributed by atoms with Crippen LogP contribution in [0.15, 0.2) is 48.5 Å². The van der Waals surface area contributed by atoms with E-state index in [1.807, 2.05) is 41.5 Å². The monoisotopic (exact) mass is 1520 g/mol. The number of unbranched alkanes of at least 4 members (excludes halogenated alkanes) is 1. The number of aliphatic hydroxyl groups excluding tert-OH is 2. The van der Waals surface area contributed by atoms with E-state index < -0.39 is 175 Å². The van der Waals surface area contributed by atoms with Gasteiger partial charge in [0.1, 0.15) is 66.2 Å². The molecular weight excluding hydrogens is 1390 g/mol. The van der Waals surface area contributed by atoms with Crippen molar-refractivity contribution in [3.63, 3.8) is 0 Å². The molecule has 2 aliphatic rings. The number of piperidine rings is 1. The van der Waals surface area contributed by atoms with Gasteiger partial charge < -0.3 is 85.8 Å². The largest absolute Gasteiger partial charge is 0.496 e. The number of hydroxylamine groups is 1. The highest BCUT2D eigenvalue weighted by Crippen LogP contribution is 2.28. The Labute approximate surface area is 639 Å². The maximum absolute atomic E-state index is 15.6. The Bertz CT molecular complexity index is 3340. The van der Waals surface area contributed by atoms with E-state index in [0.717, 1.165) is 16.2 Å². The fourth-order valence-corrected chi connectivity index (χ4v) is 13.4. The summed E-state index contributed by atoms with van der Waals surface area (Å²) in [6, 6.07) is -1.38. The normalized spacial score (nSPS) is 24.7. The van der Waals surface area contributed by atoms with Crippen LogP contribution in [0.2, 0.25) is 0 Å². The smallest absolute Gasteiger partial charge is 0.248 e. The van der Waals surface area contributed by atoms with Crippen LogP contribution in [0.25, 0.3) is 0 Å². The molecule has 0 radical (unpaired) electrons. The summed E-state index contributed by atoms with van der Waals surface area (Å²) in [5.41, 5.74) is 1.91. The van der Waals surface area contributed by atoms with Crippen LogP contribution >= 0.6 is 0 Å². The number of methoxy groups -OCH3 is 1. The number of nitrogens with zero attached hydrogens (tertiary/aromatic N) is 7. The minimum atomic E-state index is -1.73. The zero-order valence-electron chi connectivity index (χ0n) is 67.6. The summed E-state index contributed by atoms with van der Waals surface area (Å²) in [5, 5.41) is 45.7. The molecule has 2 fully saturated rings. The van der Waals surface area contributed by atoms with Crippen LogP contribution in [0.4, 0.5) is 0 Å². The number of carbonyl (C=O) groups is 12. The lowest BCUT2D eigenvalue weighted by atomic mass is 9.94. The highest BCUT2D eigenvalue weighted by Gasteiger charge is 2.45. The Morgan fingerprint density at radius 1 is 0.602 bits per heavy atom. The molecule has 9 N–H and O–H groups in total. The fourth-order valence-electron chi connectivity index (χ4n) is 13.4. The van der Waals surface area contributed by atoms with Crippen molar-refractivity contribution in [3.8, 4) is 5.75 Å². The third-order valence-electron chi connectivity index (χ3n) is 20.0. The van der Waals surface area contributed by atoms with Gasteiger partial charge in [0.15, 0.2) is 6.23 Å². The van der Waals surface area contributed by atoms with Gasteiger partial charge >= 0.3 is 0 Å². The molecule has 2 heterocycles. The summed E-state index contributed by atoms with van der Waals surface area (Å²) in [6.45, 7) is 23.9. The first kappa shape index (κ1) is 92.1. The zero-order valence-corrected chi connectivity index (χ0v) is 67.6. The molecule has 0 bridgehead atoms. The highest BCUT2D eigenvalue weighted by molar-refractivity contribution is 6.00. The molecule has 2 aliphatic heterocycles. The molecule has 2 aromatic carbocycles. The van der Waals surface area contributed by atoms with Gasteiger partial charge in [0.25, 0.3) is 0 Å². The van der Waals surface area contributed by atoms with E-state index in [1.165, 1.54) is 94.0 Å². The van der Waals surface area contributed by atoms with Crippen molar-refractivity contribution in [2.24, 2.45) is 23.7 Å². The maximum atomic E-state index is 15.6. The Morgan fingerprint density at radius 2 is 1.12 bits per heavy atom. The Kier molecular flexibility index (Phi) is 36.8. The van der Waals surface area contributed by atoms with E-state index >= 15 is 38.4 Å². The van der Waals surface area contributed by atoms with Gasteiger partial charge in [-0.1, -0.05) is 118 Å². The molecule has 0 aromatic heterocycles. The van der Waals surface area contributed by atoms with Crippen LogP contribution in [-0.2, 0) is 75.1 Å². The van der Waals surface area contributed by atoms with Gasteiger partial charge in [0.05, 0.1) is 38.4 Å². The van der Waals surface area contributed by atoms with E-state index in [2.05, 4.69) is 26.6 Å². The summed E-state index contributed by atoms with van der Waals surface area (Å²) in [4.78, 5) is 190. The van der Waals surface area contributed by atoms with Crippen molar-refractivity contribution in [1.82, 2.24) is 66.4 Å². The number of ether oxygens (including phenoxy) is 2. The lowest BCUT2D eigenvalue weighted by Crippen LogP contribution is -2.62. The van der Waals surface area contributed by atoms with Gasteiger partial charge in [-0.2, -0.15) is 5.48 Å². The van der Waals surface area contributed by atoms with Gasteiger partial charge in [-0.3, -0.25) is 57.5 Å². The highest BCUT2D eigenvalue weighted by atomic mass is 16.5. The topological polar surface area (TPSA) is 379 Å². The van der Waals surface area contributed by atoms with Crippen LogP contribution in [0.3, 0.4) is 0 Å². The fraction of sp³-hybridized carbons (Fsp3) is 0.692. The summed E-state index contributed by atoms with van der Waals surface area (Å²) in [5.74, 6) is -10.7. The van der Waals surface area contributed by atoms with E-state index in [1.54, 1.807) is 82.3 Å². The van der Waals surface area contributed by atoms with Crippen molar-refractivity contribution in [2.45, 2.75) is 252 Å². The summed E-state index contributed by atoms with van der Waals surface area (Å²) in [7, 11) is 8.22. The third kappa shape index (κ3) is 26.8. The second kappa shape index (κ2) is 43.2. The maximum Gasteiger partial charge on any atom is 0.248 e. The number of amides is 12. The van der Waals surface area contributed by atoms with E-state index in [0.29, 0.717) is 56.3 Å². The van der Waals surface area contributed by atoms with Crippen molar-refractivity contribution >= 4 is 70.9 Å². The number of likely N-dealkylation sites (N-methyl/N-ethyl adjacent to an activating group) is 5. The van der Waals surface area contributed by atoms with Crippen LogP contribution < -0.4 is 36.8 Å². The molecule has 4 rings (SSSR count). The predicted molar refractivity (Wildman–Crippen MR) is 407 cm³/mol. The lowest BCUT2D eigenvalue weighted by Gasteiger charge is -2.39. The molecule has 30 nitrogen and oxygen atoms in total.